The fourth-order valence-corrected chi connectivity index (χ4v) is 5.49. The second kappa shape index (κ2) is 5.87. The molecule has 2 fully saturated rings. The monoisotopic (exact) mass is 290 g/mol. The largest absolute Gasteiger partial charge is 0.393 e. The molecule has 1 N–H and O–H groups in total. The highest BCUT2D eigenvalue weighted by Crippen LogP contribution is 2.58. The molecule has 1 unspecified atom stereocenters. The summed E-state index contributed by atoms with van der Waals surface area (Å²) in [7, 11) is 0. The molecule has 3 aliphatic carbocycles. The molecule has 0 aromatic heterocycles. The van der Waals surface area contributed by atoms with Crippen LogP contribution in [0.5, 0.6) is 0 Å². The van der Waals surface area contributed by atoms with E-state index in [1.54, 1.807) is 0 Å². The zero-order valence-corrected chi connectivity index (χ0v) is 13.6. The molecule has 3 rings (SSSR count). The van der Waals surface area contributed by atoms with Crippen LogP contribution in [-0.2, 0) is 4.79 Å². The van der Waals surface area contributed by atoms with Crippen molar-refractivity contribution in [1.82, 2.24) is 0 Å². The first-order chi connectivity index (χ1) is 10.0. The average Bonchev–Trinajstić information content (AvgIpc) is 2.73. The Kier molecular flexibility index (Phi) is 4.27. The van der Waals surface area contributed by atoms with Crippen molar-refractivity contribution in [2.45, 2.75) is 77.7 Å². The van der Waals surface area contributed by atoms with E-state index in [0.717, 1.165) is 37.5 Å². The fourth-order valence-electron chi connectivity index (χ4n) is 5.49. The van der Waals surface area contributed by atoms with Crippen molar-refractivity contribution in [3.8, 4) is 0 Å². The highest BCUT2D eigenvalue weighted by Gasteiger charge is 2.52. The SMILES string of the molecule is C/C1=C\C(=O)CCC[C@H]2CC[C@]3(C)C(O)CC[C@H]3[C@@H]2CC1. The van der Waals surface area contributed by atoms with E-state index in [9.17, 15) is 9.90 Å². The number of ketones is 1. The standard InChI is InChI=1S/C19H30O2/c1-13-6-7-16-14(4-3-5-15(20)12-13)10-11-19(2)17(16)8-9-18(19)21/h12,14,16-18,21H,3-11H2,1-2H3/b13-12+/t14-,16+,17-,18?,19-/m0/s1. The zero-order valence-electron chi connectivity index (χ0n) is 13.6. The maximum atomic E-state index is 11.8. The van der Waals surface area contributed by atoms with Crippen molar-refractivity contribution in [1.29, 1.82) is 0 Å². The van der Waals surface area contributed by atoms with E-state index >= 15 is 0 Å². The Labute approximate surface area is 129 Å². The van der Waals surface area contributed by atoms with Crippen LogP contribution in [0, 0.1) is 23.2 Å². The van der Waals surface area contributed by atoms with Gasteiger partial charge in [0.15, 0.2) is 5.78 Å². The number of carbonyl (C=O) groups is 1. The molecule has 0 aromatic rings. The van der Waals surface area contributed by atoms with Crippen molar-refractivity contribution in [3.05, 3.63) is 11.6 Å². The van der Waals surface area contributed by atoms with Gasteiger partial charge in [0.2, 0.25) is 0 Å². The molecule has 0 radical (unpaired) electrons. The number of fused-ring (bicyclic) bond motifs is 3. The van der Waals surface area contributed by atoms with Crippen LogP contribution in [0.4, 0.5) is 0 Å². The second-order valence-electron chi connectivity index (χ2n) is 8.06. The van der Waals surface area contributed by atoms with E-state index in [2.05, 4.69) is 13.8 Å². The molecule has 2 nitrogen and oxygen atoms in total. The lowest BCUT2D eigenvalue weighted by molar-refractivity contribution is -0.115. The molecule has 118 valence electrons. The third-order valence-corrected chi connectivity index (χ3v) is 6.81. The number of aliphatic hydroxyl groups excluding tert-OH is 1. The van der Waals surface area contributed by atoms with E-state index in [0.29, 0.717) is 11.7 Å². The average molecular weight is 290 g/mol. The number of hydrogen-bond acceptors (Lipinski definition) is 2. The van der Waals surface area contributed by atoms with Crippen LogP contribution in [0.2, 0.25) is 0 Å². The molecule has 0 heterocycles. The molecule has 2 saturated carbocycles. The van der Waals surface area contributed by atoms with E-state index in [4.69, 9.17) is 0 Å². The summed E-state index contributed by atoms with van der Waals surface area (Å²) in [6.45, 7) is 4.44. The van der Waals surface area contributed by atoms with E-state index in [-0.39, 0.29) is 11.5 Å². The molecule has 5 atom stereocenters. The van der Waals surface area contributed by atoms with E-state index in [1.807, 2.05) is 6.08 Å². The molecule has 0 amide bonds. The van der Waals surface area contributed by atoms with Gasteiger partial charge in [-0.05, 0) is 87.5 Å². The quantitative estimate of drug-likeness (QED) is 0.723. The second-order valence-corrected chi connectivity index (χ2v) is 8.06. The van der Waals surface area contributed by atoms with Crippen molar-refractivity contribution < 1.29 is 9.90 Å². The van der Waals surface area contributed by atoms with Gasteiger partial charge in [-0.15, -0.1) is 0 Å². The van der Waals surface area contributed by atoms with Crippen LogP contribution >= 0.6 is 0 Å². The topological polar surface area (TPSA) is 37.3 Å². The van der Waals surface area contributed by atoms with Gasteiger partial charge < -0.3 is 5.11 Å². The first kappa shape index (κ1) is 15.3. The Morgan fingerprint density at radius 2 is 1.95 bits per heavy atom. The van der Waals surface area contributed by atoms with Gasteiger partial charge in [-0.3, -0.25) is 4.79 Å². The van der Waals surface area contributed by atoms with Gasteiger partial charge in [-0.25, -0.2) is 0 Å². The Hall–Kier alpha value is -0.630. The van der Waals surface area contributed by atoms with Crippen molar-refractivity contribution in [2.24, 2.45) is 23.2 Å². The smallest absolute Gasteiger partial charge is 0.155 e. The highest BCUT2D eigenvalue weighted by molar-refractivity contribution is 5.90. The summed E-state index contributed by atoms with van der Waals surface area (Å²) >= 11 is 0. The summed E-state index contributed by atoms with van der Waals surface area (Å²) < 4.78 is 0. The molecule has 3 aliphatic rings. The van der Waals surface area contributed by atoms with E-state index < -0.39 is 0 Å². The summed E-state index contributed by atoms with van der Waals surface area (Å²) in [5.41, 5.74) is 1.42. The Morgan fingerprint density at radius 1 is 1.14 bits per heavy atom. The van der Waals surface area contributed by atoms with Crippen LogP contribution in [0.25, 0.3) is 0 Å². The van der Waals surface area contributed by atoms with Crippen molar-refractivity contribution in [3.63, 3.8) is 0 Å². The highest BCUT2D eigenvalue weighted by atomic mass is 16.3. The molecule has 0 saturated heterocycles. The minimum Gasteiger partial charge on any atom is -0.393 e. The summed E-state index contributed by atoms with van der Waals surface area (Å²) in [5.74, 6) is 2.57. The Morgan fingerprint density at radius 3 is 2.76 bits per heavy atom. The molecule has 2 heteroatoms. The van der Waals surface area contributed by atoms with Gasteiger partial charge >= 0.3 is 0 Å². The van der Waals surface area contributed by atoms with Gasteiger partial charge in [0, 0.05) is 6.42 Å². The van der Waals surface area contributed by atoms with E-state index in [1.165, 1.54) is 37.7 Å². The van der Waals surface area contributed by atoms with Crippen LogP contribution in [0.15, 0.2) is 11.6 Å². The minimum absolute atomic E-state index is 0.0860. The lowest BCUT2D eigenvalue weighted by atomic mass is 9.58. The van der Waals surface area contributed by atoms with Crippen molar-refractivity contribution >= 4 is 5.78 Å². The van der Waals surface area contributed by atoms with Crippen LogP contribution in [0.3, 0.4) is 0 Å². The van der Waals surface area contributed by atoms with Gasteiger partial charge in [-0.2, -0.15) is 0 Å². The number of rotatable bonds is 0. The molecule has 0 aromatic carbocycles. The fraction of sp³-hybridized carbons (Fsp3) is 0.842. The summed E-state index contributed by atoms with van der Waals surface area (Å²) in [6, 6.07) is 0. The predicted molar refractivity (Wildman–Crippen MR) is 84.9 cm³/mol. The molecule has 0 aliphatic heterocycles. The van der Waals surface area contributed by atoms with Crippen LogP contribution in [0.1, 0.15) is 71.6 Å². The van der Waals surface area contributed by atoms with Crippen molar-refractivity contribution in [2.75, 3.05) is 0 Å². The summed E-state index contributed by atoms with van der Waals surface area (Å²) in [6.07, 6.45) is 11.7. The third-order valence-electron chi connectivity index (χ3n) is 6.81. The first-order valence-electron chi connectivity index (χ1n) is 8.89. The number of hydrogen-bond donors (Lipinski definition) is 1. The maximum absolute atomic E-state index is 11.8. The summed E-state index contributed by atoms with van der Waals surface area (Å²) in [5, 5.41) is 10.4. The van der Waals surface area contributed by atoms with Gasteiger partial charge in [-0.1, -0.05) is 12.5 Å². The zero-order chi connectivity index (χ0) is 15.0. The predicted octanol–water partition coefficient (Wildman–Crippen LogP) is 4.27. The van der Waals surface area contributed by atoms with Crippen LogP contribution in [-0.4, -0.2) is 17.0 Å². The van der Waals surface area contributed by atoms with Gasteiger partial charge in [0.1, 0.15) is 0 Å². The summed E-state index contributed by atoms with van der Waals surface area (Å²) in [4.78, 5) is 11.8. The molecular formula is C19H30O2. The molecule has 21 heavy (non-hydrogen) atoms. The van der Waals surface area contributed by atoms with Crippen LogP contribution < -0.4 is 0 Å². The maximum Gasteiger partial charge on any atom is 0.155 e. The first-order valence-corrected chi connectivity index (χ1v) is 8.89. The minimum atomic E-state index is -0.0860. The number of aliphatic hydroxyl groups is 1. The number of carbonyl (C=O) groups excluding carboxylic acids is 1. The molecular weight excluding hydrogens is 260 g/mol. The Balaban J connectivity index is 1.81. The number of allylic oxidation sites excluding steroid dienone is 2. The third kappa shape index (κ3) is 2.84. The Bertz CT molecular complexity index is 439. The molecule has 0 bridgehead atoms. The van der Waals surface area contributed by atoms with Gasteiger partial charge in [0.05, 0.1) is 6.10 Å². The molecule has 0 spiro atoms. The normalized spacial score (nSPS) is 47.2. The van der Waals surface area contributed by atoms with Gasteiger partial charge in [0.25, 0.3) is 0 Å². The lowest BCUT2D eigenvalue weighted by Crippen LogP contribution is -2.43. The lowest BCUT2D eigenvalue weighted by Gasteiger charge is -2.48.